The van der Waals surface area contributed by atoms with E-state index in [2.05, 4.69) is 46.9 Å². The number of nitrogens with one attached hydrogen (secondary N) is 1. The van der Waals surface area contributed by atoms with Crippen LogP contribution in [0.4, 0.5) is 0 Å². The monoisotopic (exact) mass is 239 g/mol. The Bertz CT molecular complexity index is 216. The average Bonchev–Trinajstić information content (AvgIpc) is 2.25. The van der Waals surface area contributed by atoms with E-state index in [0.717, 1.165) is 23.7 Å². The van der Waals surface area contributed by atoms with E-state index >= 15 is 0 Å². The lowest BCUT2D eigenvalue weighted by Gasteiger charge is -2.39. The molecule has 1 aliphatic carbocycles. The first-order valence-corrected chi connectivity index (χ1v) is 7.58. The van der Waals surface area contributed by atoms with Crippen molar-refractivity contribution in [3.8, 4) is 0 Å². The fourth-order valence-corrected chi connectivity index (χ4v) is 3.18. The molecule has 0 heterocycles. The van der Waals surface area contributed by atoms with Crippen LogP contribution in [0.15, 0.2) is 0 Å². The molecule has 0 aromatic heterocycles. The van der Waals surface area contributed by atoms with Crippen LogP contribution in [0.2, 0.25) is 0 Å². The molecule has 4 atom stereocenters. The van der Waals surface area contributed by atoms with Gasteiger partial charge in [0, 0.05) is 5.54 Å². The van der Waals surface area contributed by atoms with Crippen molar-refractivity contribution >= 4 is 0 Å². The largest absolute Gasteiger partial charge is 0.312 e. The zero-order valence-corrected chi connectivity index (χ0v) is 12.8. The van der Waals surface area contributed by atoms with Crippen molar-refractivity contribution in [1.29, 1.82) is 0 Å². The molecule has 0 aliphatic heterocycles. The summed E-state index contributed by atoms with van der Waals surface area (Å²) < 4.78 is 0. The highest BCUT2D eigenvalue weighted by Crippen LogP contribution is 2.39. The third kappa shape index (κ3) is 4.99. The summed E-state index contributed by atoms with van der Waals surface area (Å²) in [6.07, 6.45) is 5.65. The lowest BCUT2D eigenvalue weighted by Crippen LogP contribution is -2.43. The minimum Gasteiger partial charge on any atom is -0.312 e. The Morgan fingerprint density at radius 1 is 1.24 bits per heavy atom. The van der Waals surface area contributed by atoms with E-state index in [1.807, 2.05) is 0 Å². The van der Waals surface area contributed by atoms with Crippen LogP contribution >= 0.6 is 0 Å². The molecule has 1 nitrogen and oxygen atoms in total. The van der Waals surface area contributed by atoms with Crippen molar-refractivity contribution in [2.75, 3.05) is 6.54 Å². The van der Waals surface area contributed by atoms with Crippen LogP contribution in [0.1, 0.15) is 67.2 Å². The maximum Gasteiger partial charge on any atom is 0.00966 e. The van der Waals surface area contributed by atoms with Gasteiger partial charge in [-0.05, 0) is 63.8 Å². The van der Waals surface area contributed by atoms with Crippen molar-refractivity contribution < 1.29 is 0 Å². The highest BCUT2D eigenvalue weighted by atomic mass is 14.9. The Morgan fingerprint density at radius 2 is 1.88 bits per heavy atom. The Morgan fingerprint density at radius 3 is 2.41 bits per heavy atom. The Labute approximate surface area is 109 Å². The highest BCUT2D eigenvalue weighted by molar-refractivity contribution is 4.84. The van der Waals surface area contributed by atoms with E-state index in [1.54, 1.807) is 0 Å². The zero-order chi connectivity index (χ0) is 13.1. The van der Waals surface area contributed by atoms with Gasteiger partial charge in [0.05, 0.1) is 0 Å². The van der Waals surface area contributed by atoms with Gasteiger partial charge in [0.25, 0.3) is 0 Å². The topological polar surface area (TPSA) is 12.0 Å². The molecule has 17 heavy (non-hydrogen) atoms. The van der Waals surface area contributed by atoms with Gasteiger partial charge in [-0.2, -0.15) is 0 Å². The van der Waals surface area contributed by atoms with Gasteiger partial charge in [-0.15, -0.1) is 0 Å². The first-order valence-electron chi connectivity index (χ1n) is 7.58. The normalized spacial score (nSPS) is 32.5. The summed E-state index contributed by atoms with van der Waals surface area (Å²) in [4.78, 5) is 0. The quantitative estimate of drug-likeness (QED) is 0.763. The van der Waals surface area contributed by atoms with Gasteiger partial charge < -0.3 is 5.32 Å². The summed E-state index contributed by atoms with van der Waals surface area (Å²) >= 11 is 0. The third-order valence-corrected chi connectivity index (χ3v) is 4.58. The number of hydrogen-bond acceptors (Lipinski definition) is 1. The fourth-order valence-electron chi connectivity index (χ4n) is 3.18. The zero-order valence-electron chi connectivity index (χ0n) is 12.8. The SMILES string of the molecule is CCC(C)C1CC(C)CCC1CNC(C)(C)C. The van der Waals surface area contributed by atoms with E-state index in [4.69, 9.17) is 0 Å². The van der Waals surface area contributed by atoms with Crippen molar-refractivity contribution in [3.63, 3.8) is 0 Å². The molecule has 102 valence electrons. The Kier molecular flexibility index (Phi) is 5.50. The second-order valence-electron chi connectivity index (χ2n) is 7.36. The summed E-state index contributed by atoms with van der Waals surface area (Å²) in [5.74, 6) is 3.68. The van der Waals surface area contributed by atoms with Crippen LogP contribution in [0.3, 0.4) is 0 Å². The molecular weight excluding hydrogens is 206 g/mol. The van der Waals surface area contributed by atoms with Crippen LogP contribution in [0, 0.1) is 23.7 Å². The average molecular weight is 239 g/mol. The van der Waals surface area contributed by atoms with Crippen molar-refractivity contribution in [2.24, 2.45) is 23.7 Å². The van der Waals surface area contributed by atoms with E-state index in [-0.39, 0.29) is 5.54 Å². The third-order valence-electron chi connectivity index (χ3n) is 4.58. The molecule has 0 spiro atoms. The van der Waals surface area contributed by atoms with Gasteiger partial charge >= 0.3 is 0 Å². The predicted octanol–water partition coefficient (Wildman–Crippen LogP) is 4.47. The lowest BCUT2D eigenvalue weighted by atomic mass is 9.69. The Hall–Kier alpha value is -0.0400. The maximum absolute atomic E-state index is 3.72. The standard InChI is InChI=1S/C16H33N/c1-7-13(3)15-10-12(2)8-9-14(15)11-17-16(4,5)6/h12-15,17H,7-11H2,1-6H3. The predicted molar refractivity (Wildman–Crippen MR) is 77.2 cm³/mol. The van der Waals surface area contributed by atoms with Crippen LogP contribution in [0.25, 0.3) is 0 Å². The van der Waals surface area contributed by atoms with Gasteiger partial charge in [0.15, 0.2) is 0 Å². The number of hydrogen-bond donors (Lipinski definition) is 1. The molecule has 1 aliphatic rings. The van der Waals surface area contributed by atoms with E-state index in [1.165, 1.54) is 32.2 Å². The molecule has 0 aromatic rings. The van der Waals surface area contributed by atoms with E-state index < -0.39 is 0 Å². The van der Waals surface area contributed by atoms with Gasteiger partial charge in [0.1, 0.15) is 0 Å². The van der Waals surface area contributed by atoms with Gasteiger partial charge in [-0.25, -0.2) is 0 Å². The van der Waals surface area contributed by atoms with Gasteiger partial charge in [-0.1, -0.05) is 33.6 Å². The molecule has 0 aromatic carbocycles. The van der Waals surface area contributed by atoms with Crippen LogP contribution in [0.5, 0.6) is 0 Å². The van der Waals surface area contributed by atoms with E-state index in [9.17, 15) is 0 Å². The minimum absolute atomic E-state index is 0.267. The molecule has 1 heteroatoms. The van der Waals surface area contributed by atoms with Gasteiger partial charge in [0.2, 0.25) is 0 Å². The summed E-state index contributed by atoms with van der Waals surface area (Å²) in [7, 11) is 0. The first-order chi connectivity index (χ1) is 7.83. The van der Waals surface area contributed by atoms with Crippen molar-refractivity contribution in [2.45, 2.75) is 72.8 Å². The molecule has 0 bridgehead atoms. The van der Waals surface area contributed by atoms with Crippen LogP contribution in [-0.4, -0.2) is 12.1 Å². The second kappa shape index (κ2) is 6.22. The highest BCUT2D eigenvalue weighted by Gasteiger charge is 2.31. The minimum atomic E-state index is 0.267. The van der Waals surface area contributed by atoms with Gasteiger partial charge in [-0.3, -0.25) is 0 Å². The van der Waals surface area contributed by atoms with Crippen molar-refractivity contribution in [3.05, 3.63) is 0 Å². The van der Waals surface area contributed by atoms with Crippen LogP contribution in [-0.2, 0) is 0 Å². The first kappa shape index (κ1) is 15.0. The molecule has 1 N–H and O–H groups in total. The smallest absolute Gasteiger partial charge is 0.00966 e. The van der Waals surface area contributed by atoms with E-state index in [0.29, 0.717) is 0 Å². The molecule has 1 rings (SSSR count). The molecule has 0 saturated heterocycles. The lowest BCUT2D eigenvalue weighted by molar-refractivity contribution is 0.124. The number of rotatable bonds is 4. The molecule has 1 fully saturated rings. The van der Waals surface area contributed by atoms with Crippen LogP contribution < -0.4 is 5.32 Å². The maximum atomic E-state index is 3.72. The summed E-state index contributed by atoms with van der Waals surface area (Å²) in [5, 5.41) is 3.72. The molecular formula is C16H33N. The molecule has 4 unspecified atom stereocenters. The second-order valence-corrected chi connectivity index (χ2v) is 7.36. The Balaban J connectivity index is 2.54. The summed E-state index contributed by atoms with van der Waals surface area (Å²) in [6, 6.07) is 0. The molecule has 0 radical (unpaired) electrons. The fraction of sp³-hybridized carbons (Fsp3) is 1.00. The molecule has 1 saturated carbocycles. The van der Waals surface area contributed by atoms with Crippen molar-refractivity contribution in [1.82, 2.24) is 5.32 Å². The molecule has 0 amide bonds. The summed E-state index contributed by atoms with van der Waals surface area (Å²) in [6.45, 7) is 15.3. The summed E-state index contributed by atoms with van der Waals surface area (Å²) in [5.41, 5.74) is 0.267.